The van der Waals surface area contributed by atoms with Crippen molar-refractivity contribution in [1.29, 1.82) is 0 Å². The first-order chi connectivity index (χ1) is 10.5. The molecule has 22 heavy (non-hydrogen) atoms. The van der Waals surface area contributed by atoms with Gasteiger partial charge in [-0.25, -0.2) is 4.79 Å². The lowest BCUT2D eigenvalue weighted by atomic mass is 10.1. The predicted octanol–water partition coefficient (Wildman–Crippen LogP) is 4.67. The Hall–Kier alpha value is -2.29. The van der Waals surface area contributed by atoms with Crippen molar-refractivity contribution in [2.45, 2.75) is 34.2 Å². The largest absolute Gasteiger partial charge is 0.322 e. The van der Waals surface area contributed by atoms with Gasteiger partial charge in [-0.2, -0.15) is 0 Å². The van der Waals surface area contributed by atoms with E-state index in [1.54, 1.807) is 0 Å². The highest BCUT2D eigenvalue weighted by atomic mass is 16.2. The average Bonchev–Trinajstić information content (AvgIpc) is 2.49. The van der Waals surface area contributed by atoms with Crippen molar-refractivity contribution in [3.63, 3.8) is 0 Å². The number of nitrogens with one attached hydrogen (secondary N) is 1. The van der Waals surface area contributed by atoms with Gasteiger partial charge in [0.15, 0.2) is 0 Å². The third-order valence-electron chi connectivity index (χ3n) is 3.79. The molecule has 0 aromatic heterocycles. The standard InChI is InChI=1S/C19H24N2O/c1-5-21(13-17-9-7-6-8-10-17)19(22)20-18-15(3)11-14(2)12-16(18)4/h6-12H,5,13H2,1-4H3,(H,20,22). The molecule has 0 aliphatic rings. The molecule has 3 heteroatoms. The first-order valence-corrected chi connectivity index (χ1v) is 7.69. The van der Waals surface area contributed by atoms with Gasteiger partial charge in [0.2, 0.25) is 0 Å². The summed E-state index contributed by atoms with van der Waals surface area (Å²) in [6, 6.07) is 14.2. The molecule has 0 aliphatic carbocycles. The van der Waals surface area contributed by atoms with Crippen LogP contribution in [0.5, 0.6) is 0 Å². The van der Waals surface area contributed by atoms with Gasteiger partial charge in [0, 0.05) is 18.8 Å². The van der Waals surface area contributed by atoms with E-state index in [2.05, 4.69) is 24.4 Å². The second-order valence-electron chi connectivity index (χ2n) is 5.70. The molecule has 0 heterocycles. The molecule has 0 radical (unpaired) electrons. The highest BCUT2D eigenvalue weighted by Gasteiger charge is 2.14. The van der Waals surface area contributed by atoms with E-state index in [4.69, 9.17) is 0 Å². The summed E-state index contributed by atoms with van der Waals surface area (Å²) in [6.07, 6.45) is 0. The Balaban J connectivity index is 2.13. The summed E-state index contributed by atoms with van der Waals surface area (Å²) in [6.45, 7) is 9.42. The lowest BCUT2D eigenvalue weighted by molar-refractivity contribution is 0.212. The minimum Gasteiger partial charge on any atom is -0.320 e. The van der Waals surface area contributed by atoms with Gasteiger partial charge in [-0.05, 0) is 44.4 Å². The molecule has 0 saturated carbocycles. The number of carbonyl (C=O) groups is 1. The molecule has 0 bridgehead atoms. The summed E-state index contributed by atoms with van der Waals surface area (Å²) in [5.74, 6) is 0. The molecule has 2 amide bonds. The Bertz CT molecular complexity index is 627. The Morgan fingerprint density at radius 1 is 1.05 bits per heavy atom. The van der Waals surface area contributed by atoms with Crippen molar-refractivity contribution < 1.29 is 4.79 Å². The minimum absolute atomic E-state index is 0.0543. The van der Waals surface area contributed by atoms with Crippen molar-refractivity contribution in [2.75, 3.05) is 11.9 Å². The molecule has 2 rings (SSSR count). The van der Waals surface area contributed by atoms with Gasteiger partial charge >= 0.3 is 6.03 Å². The van der Waals surface area contributed by atoms with Gasteiger partial charge < -0.3 is 10.2 Å². The summed E-state index contributed by atoms with van der Waals surface area (Å²) in [7, 11) is 0. The summed E-state index contributed by atoms with van der Waals surface area (Å²) in [5.41, 5.74) is 5.46. The number of amides is 2. The number of urea groups is 1. The van der Waals surface area contributed by atoms with E-state index in [0.717, 1.165) is 22.4 Å². The number of aryl methyl sites for hydroxylation is 3. The van der Waals surface area contributed by atoms with Crippen LogP contribution in [0, 0.1) is 20.8 Å². The van der Waals surface area contributed by atoms with Crippen molar-refractivity contribution >= 4 is 11.7 Å². The maximum Gasteiger partial charge on any atom is 0.322 e. The van der Waals surface area contributed by atoms with Crippen molar-refractivity contribution in [3.8, 4) is 0 Å². The molecular weight excluding hydrogens is 272 g/mol. The molecule has 0 unspecified atom stereocenters. The fraction of sp³-hybridized carbons (Fsp3) is 0.316. The molecule has 0 spiro atoms. The van der Waals surface area contributed by atoms with E-state index in [1.165, 1.54) is 5.56 Å². The van der Waals surface area contributed by atoms with Gasteiger partial charge in [0.05, 0.1) is 0 Å². The lowest BCUT2D eigenvalue weighted by Gasteiger charge is -2.23. The number of nitrogens with zero attached hydrogens (tertiary/aromatic N) is 1. The fourth-order valence-corrected chi connectivity index (χ4v) is 2.69. The molecular formula is C19H24N2O. The zero-order valence-corrected chi connectivity index (χ0v) is 13.8. The Kier molecular flexibility index (Phi) is 5.21. The topological polar surface area (TPSA) is 32.3 Å². The predicted molar refractivity (Wildman–Crippen MR) is 92.2 cm³/mol. The number of benzene rings is 2. The van der Waals surface area contributed by atoms with Gasteiger partial charge in [0.25, 0.3) is 0 Å². The van der Waals surface area contributed by atoms with Gasteiger partial charge in [-0.3, -0.25) is 0 Å². The molecule has 0 saturated heterocycles. The van der Waals surface area contributed by atoms with E-state index in [0.29, 0.717) is 13.1 Å². The Morgan fingerprint density at radius 3 is 2.18 bits per heavy atom. The highest BCUT2D eigenvalue weighted by molar-refractivity contribution is 5.91. The maximum absolute atomic E-state index is 12.6. The van der Waals surface area contributed by atoms with Crippen LogP contribution in [-0.2, 0) is 6.54 Å². The van der Waals surface area contributed by atoms with Gasteiger partial charge in [-0.1, -0.05) is 48.0 Å². The third kappa shape index (κ3) is 3.88. The third-order valence-corrected chi connectivity index (χ3v) is 3.79. The highest BCUT2D eigenvalue weighted by Crippen LogP contribution is 2.22. The van der Waals surface area contributed by atoms with Crippen LogP contribution in [0.25, 0.3) is 0 Å². The SMILES string of the molecule is CCN(Cc1ccccc1)C(=O)Nc1c(C)cc(C)cc1C. The molecule has 0 fully saturated rings. The number of rotatable bonds is 4. The van der Waals surface area contributed by atoms with Crippen LogP contribution in [0.4, 0.5) is 10.5 Å². The quantitative estimate of drug-likeness (QED) is 0.874. The van der Waals surface area contributed by atoms with Crippen LogP contribution in [0.2, 0.25) is 0 Å². The zero-order chi connectivity index (χ0) is 16.1. The van der Waals surface area contributed by atoms with Crippen LogP contribution in [0.1, 0.15) is 29.2 Å². The van der Waals surface area contributed by atoms with Crippen molar-refractivity contribution in [3.05, 3.63) is 64.7 Å². The molecule has 1 N–H and O–H groups in total. The molecule has 116 valence electrons. The monoisotopic (exact) mass is 296 g/mol. The van der Waals surface area contributed by atoms with Crippen molar-refractivity contribution in [2.24, 2.45) is 0 Å². The van der Waals surface area contributed by atoms with E-state index < -0.39 is 0 Å². The number of hydrogen-bond acceptors (Lipinski definition) is 1. The molecule has 3 nitrogen and oxygen atoms in total. The van der Waals surface area contributed by atoms with Crippen molar-refractivity contribution in [1.82, 2.24) is 4.90 Å². The fourth-order valence-electron chi connectivity index (χ4n) is 2.69. The van der Waals surface area contributed by atoms with E-state index in [9.17, 15) is 4.79 Å². The van der Waals surface area contributed by atoms with Crippen LogP contribution < -0.4 is 5.32 Å². The normalized spacial score (nSPS) is 10.4. The Labute approximate surface area is 133 Å². The van der Waals surface area contributed by atoms with E-state index in [-0.39, 0.29) is 6.03 Å². The van der Waals surface area contributed by atoms with E-state index in [1.807, 2.05) is 56.0 Å². The number of carbonyl (C=O) groups excluding carboxylic acids is 1. The molecule has 2 aromatic carbocycles. The number of hydrogen-bond donors (Lipinski definition) is 1. The molecule has 0 aliphatic heterocycles. The van der Waals surface area contributed by atoms with Gasteiger partial charge in [0.1, 0.15) is 0 Å². The second kappa shape index (κ2) is 7.12. The van der Waals surface area contributed by atoms with Gasteiger partial charge in [-0.15, -0.1) is 0 Å². The average molecular weight is 296 g/mol. The number of anilines is 1. The zero-order valence-electron chi connectivity index (χ0n) is 13.8. The summed E-state index contributed by atoms with van der Waals surface area (Å²) >= 11 is 0. The molecule has 0 atom stereocenters. The Morgan fingerprint density at radius 2 is 1.64 bits per heavy atom. The lowest BCUT2D eigenvalue weighted by Crippen LogP contribution is -2.34. The first-order valence-electron chi connectivity index (χ1n) is 7.69. The van der Waals surface area contributed by atoms with Crippen LogP contribution in [-0.4, -0.2) is 17.5 Å². The maximum atomic E-state index is 12.6. The smallest absolute Gasteiger partial charge is 0.320 e. The second-order valence-corrected chi connectivity index (χ2v) is 5.70. The summed E-state index contributed by atoms with van der Waals surface area (Å²) in [5, 5.41) is 3.06. The van der Waals surface area contributed by atoms with E-state index >= 15 is 0 Å². The summed E-state index contributed by atoms with van der Waals surface area (Å²) in [4.78, 5) is 14.4. The first kappa shape index (κ1) is 16.1. The van der Waals surface area contributed by atoms with Crippen LogP contribution in [0.15, 0.2) is 42.5 Å². The summed E-state index contributed by atoms with van der Waals surface area (Å²) < 4.78 is 0. The minimum atomic E-state index is -0.0543. The molecule has 2 aromatic rings. The van der Waals surface area contributed by atoms with Crippen LogP contribution >= 0.6 is 0 Å². The van der Waals surface area contributed by atoms with Crippen LogP contribution in [0.3, 0.4) is 0 Å².